The van der Waals surface area contributed by atoms with Gasteiger partial charge in [-0.05, 0) is 93.0 Å². The Morgan fingerprint density at radius 2 is 1.74 bits per heavy atom. The van der Waals surface area contributed by atoms with Gasteiger partial charge in [0.15, 0.2) is 0 Å². The summed E-state index contributed by atoms with van der Waals surface area (Å²) in [5, 5.41) is 4.69. The first kappa shape index (κ1) is 24.2. The maximum atomic E-state index is 12.3. The molecule has 2 amide bonds. The van der Waals surface area contributed by atoms with E-state index in [1.54, 1.807) is 6.92 Å². The molecule has 0 aromatic heterocycles. The second-order valence-corrected chi connectivity index (χ2v) is 11.7. The van der Waals surface area contributed by atoms with Crippen molar-refractivity contribution in [1.82, 2.24) is 5.06 Å². The number of ketones is 1. The van der Waals surface area contributed by atoms with Crippen LogP contribution in [-0.4, -0.2) is 40.9 Å². The van der Waals surface area contributed by atoms with Gasteiger partial charge in [0, 0.05) is 18.8 Å². The molecule has 5 aliphatic rings. The number of hydroxylamine groups is 2. The SMILES string of the molecule is CC(=O)[C@H]1CC[C@H]2[C@@H]3CCC4=CC(=NOCC(=O)ON5C(=O)CCC5=O)CC[C@]4(C)[C@H]3CC[C@]12C. The maximum Gasteiger partial charge on any atom is 0.373 e. The minimum atomic E-state index is -0.822. The van der Waals surface area contributed by atoms with Gasteiger partial charge in [-0.3, -0.25) is 14.4 Å². The van der Waals surface area contributed by atoms with Crippen LogP contribution in [0.25, 0.3) is 0 Å². The van der Waals surface area contributed by atoms with E-state index in [0.29, 0.717) is 28.6 Å². The minimum Gasteiger partial charge on any atom is -0.383 e. The molecule has 1 aliphatic heterocycles. The van der Waals surface area contributed by atoms with Crippen LogP contribution < -0.4 is 0 Å². The third-order valence-electron chi connectivity index (χ3n) is 10.0. The molecule has 0 radical (unpaired) electrons. The van der Waals surface area contributed by atoms with E-state index in [0.717, 1.165) is 44.2 Å². The van der Waals surface area contributed by atoms with Crippen molar-refractivity contribution in [2.45, 2.75) is 85.0 Å². The fraction of sp³-hybridized carbons (Fsp3) is 0.741. The highest BCUT2D eigenvalue weighted by atomic mass is 16.7. The third-order valence-corrected chi connectivity index (χ3v) is 10.0. The molecule has 6 atom stereocenters. The number of carbonyl (C=O) groups is 4. The zero-order chi connectivity index (χ0) is 25.0. The number of oxime groups is 1. The van der Waals surface area contributed by atoms with Gasteiger partial charge in [-0.2, -0.15) is 0 Å². The standard InChI is InChI=1S/C27H36N2O6/c1-16(30)20-6-7-21-19-5-4-17-14-18(10-12-26(17,2)22(19)11-13-27(20,21)3)28-34-15-25(33)35-29-23(31)8-9-24(29)32/h14,19-22H,4-13,15H2,1-3H3/t19-,20+,21-,22-,26-,27+/m0/s1. The molecule has 5 rings (SSSR count). The van der Waals surface area contributed by atoms with Gasteiger partial charge in [0.2, 0.25) is 6.61 Å². The lowest BCUT2D eigenvalue weighted by Gasteiger charge is -2.58. The van der Waals surface area contributed by atoms with Gasteiger partial charge in [0.1, 0.15) is 5.78 Å². The molecule has 0 unspecified atom stereocenters. The second-order valence-electron chi connectivity index (χ2n) is 11.7. The van der Waals surface area contributed by atoms with Gasteiger partial charge in [-0.25, -0.2) is 4.79 Å². The Balaban J connectivity index is 1.22. The quantitative estimate of drug-likeness (QED) is 0.429. The molecule has 8 nitrogen and oxygen atoms in total. The lowest BCUT2D eigenvalue weighted by Crippen LogP contribution is -2.51. The summed E-state index contributed by atoms with van der Waals surface area (Å²) in [4.78, 5) is 57.5. The Hall–Kier alpha value is -2.51. The topological polar surface area (TPSA) is 102 Å². The smallest absolute Gasteiger partial charge is 0.373 e. The molecule has 8 heteroatoms. The van der Waals surface area contributed by atoms with Crippen molar-refractivity contribution in [3.8, 4) is 0 Å². The van der Waals surface area contributed by atoms with Crippen LogP contribution in [0.3, 0.4) is 0 Å². The number of hydrogen-bond acceptors (Lipinski definition) is 7. The number of hydrogen-bond donors (Lipinski definition) is 0. The van der Waals surface area contributed by atoms with Crippen molar-refractivity contribution in [3.05, 3.63) is 11.6 Å². The molecule has 35 heavy (non-hydrogen) atoms. The first-order valence-electron chi connectivity index (χ1n) is 13.1. The van der Waals surface area contributed by atoms with Crippen molar-refractivity contribution in [2.75, 3.05) is 6.61 Å². The van der Waals surface area contributed by atoms with Crippen molar-refractivity contribution in [2.24, 2.45) is 39.7 Å². The molecular weight excluding hydrogens is 448 g/mol. The fourth-order valence-corrected chi connectivity index (χ4v) is 8.26. The summed E-state index contributed by atoms with van der Waals surface area (Å²) in [5.41, 5.74) is 2.55. The van der Waals surface area contributed by atoms with Crippen molar-refractivity contribution >= 4 is 29.3 Å². The van der Waals surface area contributed by atoms with E-state index in [2.05, 4.69) is 25.1 Å². The molecule has 190 valence electrons. The van der Waals surface area contributed by atoms with Gasteiger partial charge >= 0.3 is 5.97 Å². The Bertz CT molecular complexity index is 1000. The summed E-state index contributed by atoms with van der Waals surface area (Å²) in [7, 11) is 0. The first-order valence-corrected chi connectivity index (χ1v) is 13.1. The molecule has 0 aromatic rings. The van der Waals surface area contributed by atoms with E-state index in [9.17, 15) is 19.2 Å². The zero-order valence-electron chi connectivity index (χ0n) is 21.0. The van der Waals surface area contributed by atoms with Gasteiger partial charge in [-0.15, -0.1) is 5.06 Å². The molecule has 4 aliphatic carbocycles. The molecule has 0 spiro atoms. The molecule has 0 N–H and O–H groups in total. The average molecular weight is 485 g/mol. The van der Waals surface area contributed by atoms with E-state index in [1.807, 2.05) is 0 Å². The van der Waals surface area contributed by atoms with Crippen molar-refractivity contribution < 1.29 is 28.9 Å². The van der Waals surface area contributed by atoms with Gasteiger partial charge in [-0.1, -0.05) is 24.6 Å². The molecule has 1 saturated heterocycles. The number of Topliss-reactive ketones (excluding diaryl/α,β-unsaturated/α-hetero) is 1. The van der Waals surface area contributed by atoms with Crippen LogP contribution in [0.4, 0.5) is 0 Å². The third kappa shape index (κ3) is 4.02. The highest BCUT2D eigenvalue weighted by molar-refractivity contribution is 6.01. The van der Waals surface area contributed by atoms with Gasteiger partial charge in [0.05, 0.1) is 5.71 Å². The molecule has 0 aromatic carbocycles. The van der Waals surface area contributed by atoms with E-state index in [4.69, 9.17) is 9.68 Å². The Morgan fingerprint density at radius 3 is 2.46 bits per heavy atom. The summed E-state index contributed by atoms with van der Waals surface area (Å²) in [6.45, 7) is 6.12. The molecule has 4 fully saturated rings. The number of carbonyl (C=O) groups excluding carboxylic acids is 4. The summed E-state index contributed by atoms with van der Waals surface area (Å²) in [6.07, 6.45) is 10.8. The number of nitrogens with zero attached hydrogens (tertiary/aromatic N) is 2. The van der Waals surface area contributed by atoms with Gasteiger partial charge < -0.3 is 9.68 Å². The van der Waals surface area contributed by atoms with E-state index >= 15 is 0 Å². The first-order chi connectivity index (χ1) is 16.6. The highest BCUT2D eigenvalue weighted by Crippen LogP contribution is 2.66. The summed E-state index contributed by atoms with van der Waals surface area (Å²) in [5.74, 6) is 0.716. The predicted octanol–water partition coefficient (Wildman–Crippen LogP) is 4.13. The summed E-state index contributed by atoms with van der Waals surface area (Å²) >= 11 is 0. The maximum absolute atomic E-state index is 12.3. The van der Waals surface area contributed by atoms with Crippen molar-refractivity contribution in [3.63, 3.8) is 0 Å². The average Bonchev–Trinajstić information content (AvgIpc) is 3.33. The van der Waals surface area contributed by atoms with Crippen LogP contribution in [0.2, 0.25) is 0 Å². The predicted molar refractivity (Wildman–Crippen MR) is 126 cm³/mol. The van der Waals surface area contributed by atoms with Crippen LogP contribution in [0.5, 0.6) is 0 Å². The Morgan fingerprint density at radius 1 is 1.00 bits per heavy atom. The highest BCUT2D eigenvalue weighted by Gasteiger charge is 2.59. The molecule has 3 saturated carbocycles. The number of fused-ring (bicyclic) bond motifs is 5. The largest absolute Gasteiger partial charge is 0.383 e. The number of amides is 2. The van der Waals surface area contributed by atoms with Crippen LogP contribution in [0.15, 0.2) is 16.8 Å². The monoisotopic (exact) mass is 484 g/mol. The van der Waals surface area contributed by atoms with E-state index in [-0.39, 0.29) is 29.6 Å². The van der Waals surface area contributed by atoms with E-state index < -0.39 is 24.4 Å². The number of rotatable bonds is 5. The van der Waals surface area contributed by atoms with Crippen LogP contribution >= 0.6 is 0 Å². The Kier molecular flexibility index (Phi) is 6.12. The van der Waals surface area contributed by atoms with Crippen LogP contribution in [0, 0.1) is 34.5 Å². The number of imide groups is 1. The Labute approximate surface area is 206 Å². The molecular formula is C27H36N2O6. The van der Waals surface area contributed by atoms with Crippen LogP contribution in [0.1, 0.15) is 85.0 Å². The number of allylic oxidation sites excluding steroid dienone is 2. The molecule has 1 heterocycles. The van der Waals surface area contributed by atoms with Crippen molar-refractivity contribution in [1.29, 1.82) is 0 Å². The summed E-state index contributed by atoms with van der Waals surface area (Å²) in [6, 6.07) is 0. The second kappa shape index (κ2) is 8.86. The zero-order valence-corrected chi connectivity index (χ0v) is 21.0. The minimum absolute atomic E-state index is 0.0563. The van der Waals surface area contributed by atoms with Crippen LogP contribution in [-0.2, 0) is 28.9 Å². The fourth-order valence-electron chi connectivity index (χ4n) is 8.26. The molecule has 0 bridgehead atoms. The normalized spacial score (nSPS) is 39.6. The summed E-state index contributed by atoms with van der Waals surface area (Å²) < 4.78 is 0. The van der Waals surface area contributed by atoms with Gasteiger partial charge in [0.25, 0.3) is 11.8 Å². The lowest BCUT2D eigenvalue weighted by molar-refractivity contribution is -0.200. The van der Waals surface area contributed by atoms with E-state index in [1.165, 1.54) is 18.4 Å². The lowest BCUT2D eigenvalue weighted by atomic mass is 9.46.